The first kappa shape index (κ1) is 26.6. The predicted octanol–water partition coefficient (Wildman–Crippen LogP) is 1.38. The Morgan fingerprint density at radius 1 is 0.902 bits per heavy atom. The van der Waals surface area contributed by atoms with Gasteiger partial charge in [0.05, 0.1) is 24.7 Å². The maximum Gasteiger partial charge on any atom is 0.332 e. The Morgan fingerprint density at radius 3 is 2.27 bits per heavy atom. The quantitative estimate of drug-likeness (QED) is 0.340. The van der Waals surface area contributed by atoms with Gasteiger partial charge in [-0.2, -0.15) is 4.98 Å². The molecule has 2 aliphatic heterocycles. The summed E-state index contributed by atoms with van der Waals surface area (Å²) < 4.78 is 18.7. The van der Waals surface area contributed by atoms with Crippen molar-refractivity contribution in [2.45, 2.75) is 25.9 Å². The molecule has 12 heteroatoms. The van der Waals surface area contributed by atoms with Gasteiger partial charge < -0.3 is 4.90 Å². The lowest BCUT2D eigenvalue weighted by Crippen LogP contribution is -2.53. The first-order valence-electron chi connectivity index (χ1n) is 13.5. The molecule has 4 aromatic rings. The summed E-state index contributed by atoms with van der Waals surface area (Å²) in [4.78, 5) is 62.0. The number of carbonyl (C=O) groups is 2. The second-order valence-corrected chi connectivity index (χ2v) is 10.6. The van der Waals surface area contributed by atoms with Crippen LogP contribution in [0.3, 0.4) is 0 Å². The van der Waals surface area contributed by atoms with E-state index in [0.717, 1.165) is 10.1 Å². The highest BCUT2D eigenvalue weighted by Crippen LogP contribution is 2.28. The minimum absolute atomic E-state index is 0.0489. The van der Waals surface area contributed by atoms with Crippen LogP contribution in [-0.4, -0.2) is 67.6 Å². The van der Waals surface area contributed by atoms with Crippen LogP contribution < -0.4 is 21.0 Å². The van der Waals surface area contributed by atoms with Gasteiger partial charge in [0, 0.05) is 45.8 Å². The van der Waals surface area contributed by atoms with Gasteiger partial charge in [0.1, 0.15) is 5.82 Å². The number of imide groups is 1. The molecule has 2 saturated heterocycles. The third-order valence-corrected chi connectivity index (χ3v) is 8.07. The second-order valence-electron chi connectivity index (χ2n) is 10.6. The summed E-state index contributed by atoms with van der Waals surface area (Å²) in [6, 6.07) is 13.1. The molecule has 1 unspecified atom stereocenters. The number of nitrogens with zero attached hydrogens (tertiary/aromatic N) is 7. The molecule has 0 radical (unpaired) electrons. The Balaban J connectivity index is 1.30. The van der Waals surface area contributed by atoms with Crippen LogP contribution in [0.1, 0.15) is 17.5 Å². The van der Waals surface area contributed by atoms with Gasteiger partial charge in [0.25, 0.3) is 11.5 Å². The van der Waals surface area contributed by atoms with Gasteiger partial charge in [-0.3, -0.25) is 33.0 Å². The van der Waals surface area contributed by atoms with E-state index in [0.29, 0.717) is 43.4 Å². The zero-order valence-corrected chi connectivity index (χ0v) is 23.1. The third kappa shape index (κ3) is 4.44. The molecule has 6 rings (SSSR count). The van der Waals surface area contributed by atoms with Crippen LogP contribution >= 0.6 is 0 Å². The van der Waals surface area contributed by atoms with Crippen LogP contribution in [0, 0.1) is 12.7 Å². The van der Waals surface area contributed by atoms with E-state index >= 15 is 0 Å². The monoisotopic (exact) mass is 559 g/mol. The lowest BCUT2D eigenvalue weighted by Gasteiger charge is -2.37. The minimum atomic E-state index is -0.559. The Bertz CT molecular complexity index is 1800. The Morgan fingerprint density at radius 2 is 1.59 bits per heavy atom. The minimum Gasteiger partial charge on any atom is -0.340 e. The van der Waals surface area contributed by atoms with E-state index in [2.05, 4.69) is 0 Å². The highest BCUT2D eigenvalue weighted by Gasteiger charge is 2.43. The van der Waals surface area contributed by atoms with Crippen molar-refractivity contribution in [2.24, 2.45) is 14.1 Å². The van der Waals surface area contributed by atoms with Gasteiger partial charge in [0.2, 0.25) is 11.9 Å². The highest BCUT2D eigenvalue weighted by atomic mass is 19.1. The average molecular weight is 560 g/mol. The number of hydrogen-bond donors (Lipinski definition) is 0. The number of carbonyl (C=O) groups excluding carboxylic acids is 2. The van der Waals surface area contributed by atoms with Crippen molar-refractivity contribution in [1.29, 1.82) is 0 Å². The van der Waals surface area contributed by atoms with E-state index in [1.165, 1.54) is 22.6 Å². The molecule has 41 heavy (non-hydrogen) atoms. The molecule has 0 spiro atoms. The SMILES string of the molecule is Cc1ccc(N2C(=O)CC(N3CCN(c4nc5c(c(=O)n(C)c(=O)n5C)n4Cc4ccccc4F)CC3)C2=O)cc1. The normalized spacial score (nSPS) is 18.2. The number of imidazole rings is 1. The predicted molar refractivity (Wildman–Crippen MR) is 152 cm³/mol. The standard InChI is InChI=1S/C29H30FN7O4/c1-18-8-10-20(11-9-18)37-23(38)16-22(26(37)39)34-12-14-35(15-13-34)28-31-25-24(27(40)33(3)29(41)32(25)2)36(28)17-19-6-4-5-7-21(19)30/h4-11,22H,12-17H2,1-3H3. The molecule has 2 aromatic heterocycles. The molecule has 0 aliphatic carbocycles. The zero-order chi connectivity index (χ0) is 29.0. The number of benzene rings is 2. The van der Waals surface area contributed by atoms with Gasteiger partial charge in [0.15, 0.2) is 11.2 Å². The van der Waals surface area contributed by atoms with Crippen molar-refractivity contribution in [3.05, 3.63) is 86.3 Å². The van der Waals surface area contributed by atoms with Crippen molar-refractivity contribution < 1.29 is 14.0 Å². The van der Waals surface area contributed by atoms with Crippen molar-refractivity contribution in [1.82, 2.24) is 23.6 Å². The number of piperazine rings is 1. The number of aromatic nitrogens is 4. The molecule has 2 aromatic carbocycles. The average Bonchev–Trinajstić information content (AvgIpc) is 3.49. The number of hydrogen-bond acceptors (Lipinski definition) is 7. The zero-order valence-electron chi connectivity index (χ0n) is 23.1. The maximum absolute atomic E-state index is 14.7. The summed E-state index contributed by atoms with van der Waals surface area (Å²) in [5.41, 5.74) is 1.41. The van der Waals surface area contributed by atoms with Crippen molar-refractivity contribution in [2.75, 3.05) is 36.0 Å². The number of anilines is 2. The Labute approximate surface area is 234 Å². The van der Waals surface area contributed by atoms with Gasteiger partial charge in [-0.25, -0.2) is 14.1 Å². The van der Waals surface area contributed by atoms with Crippen LogP contribution in [0.2, 0.25) is 0 Å². The molecule has 212 valence electrons. The van der Waals surface area contributed by atoms with E-state index in [1.807, 2.05) is 28.9 Å². The van der Waals surface area contributed by atoms with Crippen LogP contribution in [-0.2, 0) is 30.2 Å². The van der Waals surface area contributed by atoms with E-state index in [9.17, 15) is 23.6 Å². The summed E-state index contributed by atoms with van der Waals surface area (Å²) in [6.07, 6.45) is 0.108. The smallest absolute Gasteiger partial charge is 0.332 e. The molecule has 11 nitrogen and oxygen atoms in total. The Hall–Kier alpha value is -4.58. The lowest BCUT2D eigenvalue weighted by atomic mass is 10.1. The van der Waals surface area contributed by atoms with E-state index in [-0.39, 0.29) is 35.9 Å². The molecule has 2 amide bonds. The van der Waals surface area contributed by atoms with E-state index in [4.69, 9.17) is 4.98 Å². The number of fused-ring (bicyclic) bond motifs is 1. The molecule has 0 saturated carbocycles. The summed E-state index contributed by atoms with van der Waals surface area (Å²) in [6.45, 7) is 3.86. The maximum atomic E-state index is 14.7. The molecule has 0 N–H and O–H groups in total. The first-order chi connectivity index (χ1) is 19.7. The fourth-order valence-electron chi connectivity index (χ4n) is 5.72. The van der Waals surface area contributed by atoms with Crippen LogP contribution in [0.25, 0.3) is 11.2 Å². The molecular weight excluding hydrogens is 529 g/mol. The largest absolute Gasteiger partial charge is 0.340 e. The van der Waals surface area contributed by atoms with E-state index < -0.39 is 23.1 Å². The number of aryl methyl sites for hydroxylation is 2. The van der Waals surface area contributed by atoms with Crippen LogP contribution in [0.4, 0.5) is 16.0 Å². The van der Waals surface area contributed by atoms with Gasteiger partial charge in [-0.15, -0.1) is 0 Å². The van der Waals surface area contributed by atoms with Crippen molar-refractivity contribution in [3.8, 4) is 0 Å². The van der Waals surface area contributed by atoms with E-state index in [1.54, 1.807) is 41.9 Å². The summed E-state index contributed by atoms with van der Waals surface area (Å²) in [7, 11) is 2.96. The Kier molecular flexibility index (Phi) is 6.57. The second kappa shape index (κ2) is 10.1. The molecule has 0 bridgehead atoms. The fraction of sp³-hybridized carbons (Fsp3) is 0.345. The first-order valence-corrected chi connectivity index (χ1v) is 13.5. The summed E-state index contributed by atoms with van der Waals surface area (Å²) in [5, 5.41) is 0. The van der Waals surface area contributed by atoms with Gasteiger partial charge >= 0.3 is 5.69 Å². The topological polar surface area (TPSA) is 106 Å². The molecule has 1 atom stereocenters. The fourth-order valence-corrected chi connectivity index (χ4v) is 5.72. The number of rotatable bonds is 5. The molecule has 2 aliphatic rings. The van der Waals surface area contributed by atoms with Crippen molar-refractivity contribution >= 4 is 34.6 Å². The summed E-state index contributed by atoms with van der Waals surface area (Å²) in [5.74, 6) is -0.432. The van der Waals surface area contributed by atoms with Crippen LogP contribution in [0.5, 0.6) is 0 Å². The number of amides is 2. The van der Waals surface area contributed by atoms with Gasteiger partial charge in [-0.05, 0) is 25.1 Å². The molecule has 4 heterocycles. The molecular formula is C29H30FN7O4. The lowest BCUT2D eigenvalue weighted by molar-refractivity contribution is -0.123. The summed E-state index contributed by atoms with van der Waals surface area (Å²) >= 11 is 0. The third-order valence-electron chi connectivity index (χ3n) is 8.07. The number of halogens is 1. The molecule has 2 fully saturated rings. The van der Waals surface area contributed by atoms with Crippen LogP contribution in [0.15, 0.2) is 58.1 Å². The van der Waals surface area contributed by atoms with Gasteiger partial charge in [-0.1, -0.05) is 35.9 Å². The van der Waals surface area contributed by atoms with Crippen molar-refractivity contribution in [3.63, 3.8) is 0 Å². The highest BCUT2D eigenvalue weighted by molar-refractivity contribution is 6.22.